The van der Waals surface area contributed by atoms with Gasteiger partial charge in [-0.15, -0.1) is 0 Å². The minimum atomic E-state index is -4.67. The second-order valence-corrected chi connectivity index (χ2v) is 15.5. The number of carbonyl (C=O) groups is 2. The molecule has 0 saturated heterocycles. The predicted molar refractivity (Wildman–Crippen MR) is 238 cm³/mol. The number of carbonyl (C=O) groups excluding carboxylic acids is 2. The van der Waals surface area contributed by atoms with Crippen molar-refractivity contribution >= 4 is 74.5 Å². The van der Waals surface area contributed by atoms with Gasteiger partial charge in [-0.05, 0) is 117 Å². The molecule has 2 aromatic heterocycles. The summed E-state index contributed by atoms with van der Waals surface area (Å²) in [6.07, 6.45) is 1.24. The van der Waals surface area contributed by atoms with Crippen LogP contribution >= 0.6 is 24.4 Å². The molecule has 4 N–H and O–H groups in total. The number of nitrogens with one attached hydrogen (secondary N) is 4. The van der Waals surface area contributed by atoms with Crippen molar-refractivity contribution in [3.8, 4) is 11.5 Å². The maximum absolute atomic E-state index is 13.9. The zero-order valence-corrected chi connectivity index (χ0v) is 36.0. The summed E-state index contributed by atoms with van der Waals surface area (Å²) in [5.41, 5.74) is 1.81. The van der Waals surface area contributed by atoms with Crippen molar-refractivity contribution in [2.45, 2.75) is 71.1 Å². The molecule has 0 saturated carbocycles. The quantitative estimate of drug-likeness (QED) is 0.0556. The lowest BCUT2D eigenvalue weighted by Gasteiger charge is -2.39. The second kappa shape index (κ2) is 20.3. The molecule has 2 amide bonds. The standard InChI is InChI=1S/C44H49F3N6O6S2/c1-5-7-9-21-56-31-15-11-28(12-16-31)48-42(60)51-40(55)38-26-32-35(59-38)19-20-52(3)41(32)53(4)30-14-18-34-27(23-30)24-37(58-34)39(54)50-43(61)49-29-13-17-36(57-22-10-8-6-2)33(25-29)44(45,46)47/h11-18,23-26,41H,5-10,19-22H2,1-4H3,(H2,48,51,55,60)(H2,49,50,54,61). The molecule has 1 unspecified atom stereocenters. The first kappa shape index (κ1) is 44.9. The number of anilines is 3. The van der Waals surface area contributed by atoms with Gasteiger partial charge < -0.3 is 33.8 Å². The number of fused-ring (bicyclic) bond motifs is 2. The number of amides is 2. The molecule has 12 nitrogen and oxygen atoms in total. The molecule has 6 rings (SSSR count). The van der Waals surface area contributed by atoms with E-state index in [4.69, 9.17) is 42.7 Å². The van der Waals surface area contributed by atoms with Crippen molar-refractivity contribution < 1.29 is 41.1 Å². The number of ether oxygens (including phenoxy) is 2. The Kier molecular flexibility index (Phi) is 14.9. The van der Waals surface area contributed by atoms with Crippen LogP contribution < -0.4 is 35.6 Å². The maximum atomic E-state index is 13.9. The monoisotopic (exact) mass is 878 g/mol. The summed E-state index contributed by atoms with van der Waals surface area (Å²) in [7, 11) is 3.89. The van der Waals surface area contributed by atoms with E-state index in [0.29, 0.717) is 48.4 Å². The molecular formula is C44H49F3N6O6S2. The molecule has 0 spiro atoms. The molecule has 1 aliphatic rings. The van der Waals surface area contributed by atoms with Crippen LogP contribution in [0.15, 0.2) is 81.6 Å². The average Bonchev–Trinajstić information content (AvgIpc) is 3.86. The first-order chi connectivity index (χ1) is 29.2. The zero-order chi connectivity index (χ0) is 43.7. The highest BCUT2D eigenvalue weighted by Gasteiger charge is 2.35. The summed E-state index contributed by atoms with van der Waals surface area (Å²) in [6, 6.07) is 19.6. The number of alkyl halides is 3. The fourth-order valence-corrected chi connectivity index (χ4v) is 7.35. The van der Waals surface area contributed by atoms with Crippen molar-refractivity contribution in [1.82, 2.24) is 15.5 Å². The highest BCUT2D eigenvalue weighted by atomic mass is 32.1. The molecule has 3 aromatic carbocycles. The molecule has 61 heavy (non-hydrogen) atoms. The van der Waals surface area contributed by atoms with Crippen LogP contribution in [0.2, 0.25) is 0 Å². The van der Waals surface area contributed by atoms with Gasteiger partial charge in [0, 0.05) is 48.0 Å². The summed E-state index contributed by atoms with van der Waals surface area (Å²) in [6.45, 7) is 5.62. The Morgan fingerprint density at radius 1 is 0.803 bits per heavy atom. The predicted octanol–water partition coefficient (Wildman–Crippen LogP) is 10.1. The Hall–Kier alpha value is -5.65. The number of benzene rings is 3. The Balaban J connectivity index is 1.07. The number of furan rings is 2. The molecule has 0 bridgehead atoms. The molecule has 0 fully saturated rings. The first-order valence-corrected chi connectivity index (χ1v) is 21.0. The van der Waals surface area contributed by atoms with Gasteiger partial charge in [-0.25, -0.2) is 0 Å². The van der Waals surface area contributed by atoms with Gasteiger partial charge in [0.2, 0.25) is 0 Å². The molecular weight excluding hydrogens is 830 g/mol. The fraction of sp³-hybridized carbons (Fsp3) is 0.364. The highest BCUT2D eigenvalue weighted by Crippen LogP contribution is 2.39. The Bertz CT molecular complexity index is 2350. The van der Waals surface area contributed by atoms with Crippen LogP contribution in [0.3, 0.4) is 0 Å². The van der Waals surface area contributed by atoms with E-state index in [-0.39, 0.29) is 46.0 Å². The average molecular weight is 879 g/mol. The summed E-state index contributed by atoms with van der Waals surface area (Å²) in [5.74, 6) is 0.0586. The van der Waals surface area contributed by atoms with Crippen LogP contribution in [-0.2, 0) is 12.6 Å². The van der Waals surface area contributed by atoms with Crippen molar-refractivity contribution in [2.24, 2.45) is 0 Å². The number of likely N-dealkylation sites (N-methyl/N-ethyl adjacent to an activating group) is 1. The van der Waals surface area contributed by atoms with Crippen LogP contribution in [-0.4, -0.2) is 60.8 Å². The van der Waals surface area contributed by atoms with E-state index < -0.39 is 23.6 Å². The van der Waals surface area contributed by atoms with Gasteiger partial charge in [-0.3, -0.25) is 25.1 Å². The number of thiocarbonyl (C=S) groups is 2. The molecule has 5 aromatic rings. The van der Waals surface area contributed by atoms with Gasteiger partial charge in [-0.2, -0.15) is 13.2 Å². The van der Waals surface area contributed by atoms with Gasteiger partial charge in [0.15, 0.2) is 21.7 Å². The van der Waals surface area contributed by atoms with Crippen LogP contribution in [0, 0.1) is 0 Å². The maximum Gasteiger partial charge on any atom is 0.420 e. The number of rotatable bonds is 16. The minimum absolute atomic E-state index is 0.0263. The minimum Gasteiger partial charge on any atom is -0.494 e. The Labute approximate surface area is 363 Å². The molecule has 3 heterocycles. The van der Waals surface area contributed by atoms with E-state index in [1.807, 2.05) is 62.3 Å². The zero-order valence-electron chi connectivity index (χ0n) is 34.4. The third-order valence-corrected chi connectivity index (χ3v) is 10.5. The summed E-state index contributed by atoms with van der Waals surface area (Å²) >= 11 is 10.7. The van der Waals surface area contributed by atoms with E-state index in [9.17, 15) is 22.8 Å². The van der Waals surface area contributed by atoms with Crippen molar-refractivity contribution in [2.75, 3.05) is 49.4 Å². The van der Waals surface area contributed by atoms with E-state index >= 15 is 0 Å². The SMILES string of the molecule is CCCCCOc1ccc(NC(=S)NC(=O)c2cc3c(o2)CCN(C)C3N(C)c2ccc3oc(C(=O)NC(=S)Nc4ccc(OCCCCC)c(C(F)(F)F)c4)cc3c2)cc1. The molecule has 0 radical (unpaired) electrons. The first-order valence-electron chi connectivity index (χ1n) is 20.1. The number of nitrogens with zero attached hydrogens (tertiary/aromatic N) is 2. The smallest absolute Gasteiger partial charge is 0.420 e. The van der Waals surface area contributed by atoms with Gasteiger partial charge in [0.25, 0.3) is 11.8 Å². The van der Waals surface area contributed by atoms with Gasteiger partial charge in [0.05, 0.1) is 18.8 Å². The molecule has 17 heteroatoms. The van der Waals surface area contributed by atoms with E-state index in [1.54, 1.807) is 18.2 Å². The normalized spacial score (nSPS) is 13.9. The Morgan fingerprint density at radius 2 is 1.43 bits per heavy atom. The van der Waals surface area contributed by atoms with Crippen LogP contribution in [0.4, 0.5) is 30.2 Å². The van der Waals surface area contributed by atoms with E-state index in [2.05, 4.69) is 33.1 Å². The molecule has 1 aliphatic heterocycles. The third-order valence-electron chi connectivity index (χ3n) is 10.1. The molecule has 324 valence electrons. The van der Waals surface area contributed by atoms with Crippen LogP contribution in [0.25, 0.3) is 11.0 Å². The Morgan fingerprint density at radius 3 is 2.08 bits per heavy atom. The summed E-state index contributed by atoms with van der Waals surface area (Å²) in [4.78, 5) is 30.7. The van der Waals surface area contributed by atoms with Crippen molar-refractivity contribution in [1.29, 1.82) is 0 Å². The topological polar surface area (TPSA) is 133 Å². The van der Waals surface area contributed by atoms with Crippen LogP contribution in [0.1, 0.15) is 96.5 Å². The van der Waals surface area contributed by atoms with E-state index in [0.717, 1.165) is 55.2 Å². The van der Waals surface area contributed by atoms with E-state index in [1.165, 1.54) is 12.1 Å². The lowest BCUT2D eigenvalue weighted by molar-refractivity contribution is -0.138. The highest BCUT2D eigenvalue weighted by molar-refractivity contribution is 7.80. The lowest BCUT2D eigenvalue weighted by Crippen LogP contribution is -2.41. The largest absolute Gasteiger partial charge is 0.494 e. The van der Waals surface area contributed by atoms with Gasteiger partial charge >= 0.3 is 6.18 Å². The number of halogens is 3. The molecule has 1 atom stereocenters. The van der Waals surface area contributed by atoms with Crippen molar-refractivity contribution in [3.05, 3.63) is 101 Å². The second-order valence-electron chi connectivity index (χ2n) is 14.7. The lowest BCUT2D eigenvalue weighted by atomic mass is 10.0. The number of hydrogen-bond acceptors (Lipinski definition) is 10. The van der Waals surface area contributed by atoms with Crippen LogP contribution in [0.5, 0.6) is 11.5 Å². The van der Waals surface area contributed by atoms with Gasteiger partial charge in [-0.1, -0.05) is 39.5 Å². The summed E-state index contributed by atoms with van der Waals surface area (Å²) < 4.78 is 64.6. The molecule has 0 aliphatic carbocycles. The number of unbranched alkanes of at least 4 members (excludes halogenated alkanes) is 4. The fourth-order valence-electron chi connectivity index (χ4n) is 6.93. The summed E-state index contributed by atoms with van der Waals surface area (Å²) in [5, 5.41) is 11.4. The number of hydrogen-bond donors (Lipinski definition) is 4. The third kappa shape index (κ3) is 11.6. The van der Waals surface area contributed by atoms with Crippen molar-refractivity contribution in [3.63, 3.8) is 0 Å². The van der Waals surface area contributed by atoms with Gasteiger partial charge in [0.1, 0.15) is 29.0 Å².